The van der Waals surface area contributed by atoms with Gasteiger partial charge in [0.1, 0.15) is 23.8 Å². The number of carbonyl (C=O) groups excluding carboxylic acids is 3. The SMILES string of the molecule is CC(C)(C)OC(=O)N[C@@H](C[C@@H]1CCCC1=O)C(=O)c1cncn1COCC[Si](C)(C)C. The second-order valence-electron chi connectivity index (χ2n) is 10.5. The summed E-state index contributed by atoms with van der Waals surface area (Å²) in [6.07, 6.45) is 4.70. The molecular weight excluding hydrogens is 414 g/mol. The molecule has 1 amide bonds. The fourth-order valence-corrected chi connectivity index (χ4v) is 4.21. The van der Waals surface area contributed by atoms with Gasteiger partial charge in [-0.1, -0.05) is 19.6 Å². The number of hydrogen-bond donors (Lipinski definition) is 1. The van der Waals surface area contributed by atoms with E-state index in [-0.39, 0.29) is 30.6 Å². The Morgan fingerprint density at radius 1 is 1.32 bits per heavy atom. The molecule has 2 rings (SSSR count). The van der Waals surface area contributed by atoms with Crippen molar-refractivity contribution in [1.82, 2.24) is 14.9 Å². The van der Waals surface area contributed by atoms with Gasteiger partial charge < -0.3 is 19.4 Å². The number of hydrogen-bond acceptors (Lipinski definition) is 6. The summed E-state index contributed by atoms with van der Waals surface area (Å²) in [6, 6.07) is 0.164. The van der Waals surface area contributed by atoms with Gasteiger partial charge in [-0.15, -0.1) is 0 Å². The summed E-state index contributed by atoms with van der Waals surface area (Å²) in [7, 11) is -1.21. The van der Waals surface area contributed by atoms with Gasteiger partial charge >= 0.3 is 6.09 Å². The Morgan fingerprint density at radius 2 is 2.03 bits per heavy atom. The molecule has 174 valence electrons. The van der Waals surface area contributed by atoms with Crippen molar-refractivity contribution in [3.05, 3.63) is 18.2 Å². The van der Waals surface area contributed by atoms with Crippen molar-refractivity contribution in [3.63, 3.8) is 0 Å². The molecule has 2 atom stereocenters. The van der Waals surface area contributed by atoms with E-state index >= 15 is 0 Å². The zero-order chi connectivity index (χ0) is 23.2. The Labute approximate surface area is 186 Å². The molecule has 9 heteroatoms. The zero-order valence-corrected chi connectivity index (χ0v) is 20.7. The molecule has 1 fully saturated rings. The first kappa shape index (κ1) is 25.3. The summed E-state index contributed by atoms with van der Waals surface area (Å²) in [4.78, 5) is 42.0. The summed E-state index contributed by atoms with van der Waals surface area (Å²) in [5.41, 5.74) is -0.341. The Morgan fingerprint density at radius 3 is 2.61 bits per heavy atom. The summed E-state index contributed by atoms with van der Waals surface area (Å²) in [6.45, 7) is 13.0. The maximum atomic E-state index is 13.3. The fourth-order valence-electron chi connectivity index (χ4n) is 3.45. The standard InChI is InChI=1S/C22H37N3O5Si/c1-22(2,3)30-21(28)24-17(12-16-8-7-9-19(16)26)20(27)18-13-23-14-25(18)15-29-10-11-31(4,5)6/h13-14,16-17H,7-12,15H2,1-6H3,(H,24,28)/t16-,17-/m0/s1. The molecule has 1 saturated carbocycles. The van der Waals surface area contributed by atoms with E-state index in [1.54, 1.807) is 31.7 Å². The average molecular weight is 452 g/mol. The van der Waals surface area contributed by atoms with Gasteiger partial charge in [0.25, 0.3) is 0 Å². The van der Waals surface area contributed by atoms with Crippen LogP contribution in [0.3, 0.4) is 0 Å². The first-order chi connectivity index (χ1) is 14.4. The molecule has 1 aliphatic rings. The molecule has 31 heavy (non-hydrogen) atoms. The second-order valence-corrected chi connectivity index (χ2v) is 16.1. The van der Waals surface area contributed by atoms with E-state index in [0.717, 1.165) is 18.9 Å². The molecule has 0 radical (unpaired) electrons. The summed E-state index contributed by atoms with van der Waals surface area (Å²) >= 11 is 0. The van der Waals surface area contributed by atoms with E-state index < -0.39 is 25.8 Å². The van der Waals surface area contributed by atoms with Gasteiger partial charge in [-0.2, -0.15) is 0 Å². The maximum absolute atomic E-state index is 13.3. The highest BCUT2D eigenvalue weighted by Gasteiger charge is 2.33. The number of ether oxygens (including phenoxy) is 2. The topological polar surface area (TPSA) is 99.5 Å². The van der Waals surface area contributed by atoms with Crippen LogP contribution in [0.1, 0.15) is 56.9 Å². The third kappa shape index (κ3) is 8.57. The number of rotatable bonds is 10. The van der Waals surface area contributed by atoms with Crippen LogP contribution in [-0.2, 0) is 21.0 Å². The monoisotopic (exact) mass is 451 g/mol. The van der Waals surface area contributed by atoms with Gasteiger partial charge in [0.15, 0.2) is 0 Å². The van der Waals surface area contributed by atoms with Gasteiger partial charge in [-0.05, 0) is 46.1 Å². The van der Waals surface area contributed by atoms with Gasteiger partial charge in [0, 0.05) is 27.0 Å². The van der Waals surface area contributed by atoms with Crippen molar-refractivity contribution in [1.29, 1.82) is 0 Å². The average Bonchev–Trinajstić information content (AvgIpc) is 3.24. The number of nitrogens with zero attached hydrogens (tertiary/aromatic N) is 2. The predicted octanol–water partition coefficient (Wildman–Crippen LogP) is 4.03. The minimum Gasteiger partial charge on any atom is -0.444 e. The highest BCUT2D eigenvalue weighted by atomic mass is 28.3. The summed E-state index contributed by atoms with van der Waals surface area (Å²) in [5.74, 6) is -0.378. The molecule has 1 N–H and O–H groups in total. The number of ketones is 2. The van der Waals surface area contributed by atoms with Gasteiger partial charge in [-0.3, -0.25) is 9.59 Å². The minimum atomic E-state index is -1.21. The molecule has 0 bridgehead atoms. The number of Topliss-reactive ketones (excluding diaryl/α,β-unsaturated/α-hetero) is 2. The van der Waals surface area contributed by atoms with Crippen molar-refractivity contribution in [2.24, 2.45) is 5.92 Å². The van der Waals surface area contributed by atoms with E-state index in [4.69, 9.17) is 9.47 Å². The lowest BCUT2D eigenvalue weighted by Gasteiger charge is -2.24. The third-order valence-corrected chi connectivity index (χ3v) is 6.85. The van der Waals surface area contributed by atoms with Crippen molar-refractivity contribution < 1.29 is 23.9 Å². The van der Waals surface area contributed by atoms with Crippen molar-refractivity contribution in [3.8, 4) is 0 Å². The maximum Gasteiger partial charge on any atom is 0.408 e. The molecule has 0 unspecified atom stereocenters. The van der Waals surface area contributed by atoms with Crippen LogP contribution in [-0.4, -0.2) is 53.5 Å². The number of alkyl carbamates (subject to hydrolysis) is 1. The van der Waals surface area contributed by atoms with Crippen LogP contribution in [0, 0.1) is 5.92 Å². The zero-order valence-electron chi connectivity index (χ0n) is 19.7. The number of aromatic nitrogens is 2. The molecule has 0 aromatic carbocycles. The van der Waals surface area contributed by atoms with E-state index in [1.807, 2.05) is 0 Å². The largest absolute Gasteiger partial charge is 0.444 e. The second kappa shape index (κ2) is 10.5. The summed E-state index contributed by atoms with van der Waals surface area (Å²) < 4.78 is 12.7. The molecule has 1 heterocycles. The fraction of sp³-hybridized carbons (Fsp3) is 0.727. The van der Waals surface area contributed by atoms with E-state index in [2.05, 4.69) is 29.9 Å². The van der Waals surface area contributed by atoms with Crippen molar-refractivity contribution in [2.75, 3.05) is 6.61 Å². The molecule has 0 aliphatic heterocycles. The third-order valence-electron chi connectivity index (χ3n) is 5.15. The van der Waals surface area contributed by atoms with E-state index in [0.29, 0.717) is 18.7 Å². The van der Waals surface area contributed by atoms with Crippen molar-refractivity contribution >= 4 is 25.7 Å². The minimum absolute atomic E-state index is 0.145. The van der Waals surface area contributed by atoms with Crippen LogP contribution < -0.4 is 5.32 Å². The first-order valence-corrected chi connectivity index (χ1v) is 14.7. The summed E-state index contributed by atoms with van der Waals surface area (Å²) in [5, 5.41) is 2.68. The number of nitrogens with one attached hydrogen (secondary N) is 1. The van der Waals surface area contributed by atoms with E-state index in [9.17, 15) is 14.4 Å². The van der Waals surface area contributed by atoms with Gasteiger partial charge in [-0.25, -0.2) is 9.78 Å². The normalized spacial score (nSPS) is 18.1. The molecule has 8 nitrogen and oxygen atoms in total. The van der Waals surface area contributed by atoms with Crippen molar-refractivity contribution in [2.45, 2.75) is 90.5 Å². The highest BCUT2D eigenvalue weighted by molar-refractivity contribution is 6.76. The lowest BCUT2D eigenvalue weighted by atomic mass is 9.94. The Kier molecular flexibility index (Phi) is 8.59. The van der Waals surface area contributed by atoms with Crippen LogP contribution in [0.5, 0.6) is 0 Å². The molecule has 0 spiro atoms. The van der Waals surface area contributed by atoms with Crippen LogP contribution >= 0.6 is 0 Å². The Balaban J connectivity index is 2.10. The number of amides is 1. The predicted molar refractivity (Wildman–Crippen MR) is 121 cm³/mol. The lowest BCUT2D eigenvalue weighted by Crippen LogP contribution is -2.45. The van der Waals surface area contributed by atoms with E-state index in [1.165, 1.54) is 6.20 Å². The smallest absolute Gasteiger partial charge is 0.408 e. The molecule has 1 aromatic rings. The van der Waals surface area contributed by atoms with Crippen LogP contribution in [0.15, 0.2) is 12.5 Å². The molecule has 0 saturated heterocycles. The van der Waals surface area contributed by atoms with Gasteiger partial charge in [0.2, 0.25) is 5.78 Å². The highest BCUT2D eigenvalue weighted by Crippen LogP contribution is 2.26. The van der Waals surface area contributed by atoms with Crippen LogP contribution in [0.25, 0.3) is 0 Å². The Bertz CT molecular complexity index is 779. The Hall–Kier alpha value is -2.00. The molecule has 1 aromatic heterocycles. The number of imidazole rings is 1. The van der Waals surface area contributed by atoms with Gasteiger partial charge in [0.05, 0.1) is 18.6 Å². The number of carbonyl (C=O) groups is 3. The molecular formula is C22H37N3O5Si. The lowest BCUT2D eigenvalue weighted by molar-refractivity contribution is -0.120. The first-order valence-electron chi connectivity index (χ1n) is 11.0. The van der Waals surface area contributed by atoms with Crippen LogP contribution in [0.2, 0.25) is 25.7 Å². The quantitative estimate of drug-likeness (QED) is 0.327. The molecule has 1 aliphatic carbocycles. The van der Waals surface area contributed by atoms with Crippen LogP contribution in [0.4, 0.5) is 4.79 Å².